The van der Waals surface area contributed by atoms with E-state index in [0.29, 0.717) is 6.61 Å². The lowest BCUT2D eigenvalue weighted by Gasteiger charge is -2.39. The van der Waals surface area contributed by atoms with Gasteiger partial charge in [-0.15, -0.1) is 0 Å². The SMILES string of the molecule is C[N+](C)(C)C[C@@H]1CO[C@H](c2ccccc2)[C@@H](c2ccccc2)O1. The van der Waals surface area contributed by atoms with E-state index < -0.39 is 0 Å². The van der Waals surface area contributed by atoms with E-state index in [1.54, 1.807) is 0 Å². The largest absolute Gasteiger partial charge is 0.367 e. The number of nitrogens with zero attached hydrogens (tertiary/aromatic N) is 1. The monoisotopic (exact) mass is 312 g/mol. The van der Waals surface area contributed by atoms with Gasteiger partial charge in [-0.25, -0.2) is 0 Å². The van der Waals surface area contributed by atoms with Crippen LogP contribution in [0.25, 0.3) is 0 Å². The zero-order valence-corrected chi connectivity index (χ0v) is 14.2. The second kappa shape index (κ2) is 6.83. The fraction of sp³-hybridized carbons (Fsp3) is 0.400. The Hall–Kier alpha value is -1.68. The van der Waals surface area contributed by atoms with Gasteiger partial charge in [-0.05, 0) is 11.1 Å². The summed E-state index contributed by atoms with van der Waals surface area (Å²) in [6.07, 6.45) is -0.00798. The number of likely N-dealkylation sites (N-methyl/N-ethyl adjacent to an activating group) is 1. The van der Waals surface area contributed by atoms with Gasteiger partial charge in [0.15, 0.2) is 0 Å². The molecule has 3 atom stereocenters. The maximum absolute atomic E-state index is 6.47. The van der Waals surface area contributed by atoms with Crippen molar-refractivity contribution in [3.63, 3.8) is 0 Å². The fourth-order valence-electron chi connectivity index (χ4n) is 3.13. The predicted octanol–water partition coefficient (Wildman–Crippen LogP) is 3.59. The van der Waals surface area contributed by atoms with Crippen LogP contribution in [0, 0.1) is 0 Å². The minimum Gasteiger partial charge on any atom is -0.367 e. The van der Waals surface area contributed by atoms with Crippen molar-refractivity contribution in [2.75, 3.05) is 34.3 Å². The van der Waals surface area contributed by atoms with Crippen molar-refractivity contribution in [1.29, 1.82) is 0 Å². The third-order valence-corrected chi connectivity index (χ3v) is 4.08. The first-order valence-corrected chi connectivity index (χ1v) is 8.20. The predicted molar refractivity (Wildman–Crippen MR) is 92.1 cm³/mol. The van der Waals surface area contributed by atoms with E-state index in [-0.39, 0.29) is 18.3 Å². The minimum absolute atomic E-state index is 0.0534. The first kappa shape index (κ1) is 16.2. The molecular weight excluding hydrogens is 286 g/mol. The Bertz CT molecular complexity index is 607. The molecule has 1 aliphatic rings. The highest BCUT2D eigenvalue weighted by Gasteiger charge is 2.36. The first-order chi connectivity index (χ1) is 11.0. The van der Waals surface area contributed by atoms with Gasteiger partial charge in [0, 0.05) is 0 Å². The number of benzene rings is 2. The highest BCUT2D eigenvalue weighted by Crippen LogP contribution is 2.39. The van der Waals surface area contributed by atoms with Gasteiger partial charge in [0.05, 0.1) is 27.7 Å². The normalized spacial score (nSPS) is 25.3. The Morgan fingerprint density at radius 2 is 1.35 bits per heavy atom. The van der Waals surface area contributed by atoms with Gasteiger partial charge in [-0.2, -0.15) is 0 Å². The van der Waals surface area contributed by atoms with E-state index in [9.17, 15) is 0 Å². The van der Waals surface area contributed by atoms with Crippen molar-refractivity contribution in [3.8, 4) is 0 Å². The van der Waals surface area contributed by atoms with Crippen LogP contribution in [0.3, 0.4) is 0 Å². The maximum Gasteiger partial charge on any atom is 0.131 e. The smallest absolute Gasteiger partial charge is 0.131 e. The van der Waals surface area contributed by atoms with Crippen LogP contribution < -0.4 is 0 Å². The van der Waals surface area contributed by atoms with Crippen molar-refractivity contribution >= 4 is 0 Å². The van der Waals surface area contributed by atoms with E-state index in [2.05, 4.69) is 69.7 Å². The number of quaternary nitrogens is 1. The van der Waals surface area contributed by atoms with Crippen molar-refractivity contribution in [2.24, 2.45) is 0 Å². The van der Waals surface area contributed by atoms with E-state index in [0.717, 1.165) is 11.0 Å². The summed E-state index contributed by atoms with van der Waals surface area (Å²) in [6, 6.07) is 20.8. The van der Waals surface area contributed by atoms with E-state index >= 15 is 0 Å². The van der Waals surface area contributed by atoms with Gasteiger partial charge in [0.25, 0.3) is 0 Å². The van der Waals surface area contributed by atoms with Crippen molar-refractivity contribution < 1.29 is 14.0 Å². The molecule has 0 saturated carbocycles. The fourth-order valence-corrected chi connectivity index (χ4v) is 3.13. The Kier molecular flexibility index (Phi) is 4.81. The van der Waals surface area contributed by atoms with Crippen LogP contribution >= 0.6 is 0 Å². The van der Waals surface area contributed by atoms with E-state index in [1.165, 1.54) is 11.1 Å². The topological polar surface area (TPSA) is 18.5 Å². The van der Waals surface area contributed by atoms with Crippen LogP contribution in [0.5, 0.6) is 0 Å². The summed E-state index contributed by atoms with van der Waals surface area (Å²) in [5.41, 5.74) is 2.34. The molecule has 3 rings (SSSR count). The second-order valence-electron chi connectivity index (χ2n) is 7.23. The third kappa shape index (κ3) is 4.20. The van der Waals surface area contributed by atoms with Crippen LogP contribution in [0.1, 0.15) is 23.3 Å². The molecule has 1 saturated heterocycles. The lowest BCUT2D eigenvalue weighted by atomic mass is 9.96. The number of ether oxygens (including phenoxy) is 2. The molecule has 3 heteroatoms. The molecule has 0 amide bonds. The molecule has 1 heterocycles. The molecule has 0 radical (unpaired) electrons. The van der Waals surface area contributed by atoms with E-state index in [4.69, 9.17) is 9.47 Å². The summed E-state index contributed by atoms with van der Waals surface area (Å²) >= 11 is 0. The summed E-state index contributed by atoms with van der Waals surface area (Å²) in [5.74, 6) is 0. The van der Waals surface area contributed by atoms with Crippen LogP contribution in [-0.4, -0.2) is 44.9 Å². The Labute approximate surface area is 139 Å². The minimum atomic E-state index is -0.0658. The van der Waals surface area contributed by atoms with Gasteiger partial charge in [0.1, 0.15) is 24.9 Å². The standard InChI is InChI=1S/C20H26NO2/c1-21(2,3)14-18-15-22-19(16-10-6-4-7-11-16)20(23-18)17-12-8-5-9-13-17/h4-13,18-20H,14-15H2,1-3H3/q+1/t18-,19-,20-/m1/s1. The average Bonchev–Trinajstić information content (AvgIpc) is 2.55. The molecule has 2 aromatic rings. The molecule has 0 aromatic heterocycles. The molecule has 122 valence electrons. The summed E-state index contributed by atoms with van der Waals surface area (Å²) in [4.78, 5) is 0. The molecule has 1 aliphatic heterocycles. The summed E-state index contributed by atoms with van der Waals surface area (Å²) in [6.45, 7) is 1.57. The molecule has 0 unspecified atom stereocenters. The lowest BCUT2D eigenvalue weighted by Crippen LogP contribution is -2.47. The molecule has 1 fully saturated rings. The highest BCUT2D eigenvalue weighted by molar-refractivity contribution is 5.25. The number of hydrogen-bond donors (Lipinski definition) is 0. The zero-order chi connectivity index (χ0) is 16.3. The molecule has 3 nitrogen and oxygen atoms in total. The second-order valence-corrected chi connectivity index (χ2v) is 7.23. The van der Waals surface area contributed by atoms with Crippen molar-refractivity contribution in [3.05, 3.63) is 71.8 Å². The lowest BCUT2D eigenvalue weighted by molar-refractivity contribution is -0.874. The van der Waals surface area contributed by atoms with Gasteiger partial charge in [-0.1, -0.05) is 60.7 Å². The quantitative estimate of drug-likeness (QED) is 0.803. The number of hydrogen-bond acceptors (Lipinski definition) is 2. The summed E-state index contributed by atoms with van der Waals surface area (Å²) < 4.78 is 13.6. The van der Waals surface area contributed by atoms with Crippen molar-refractivity contribution in [1.82, 2.24) is 0 Å². The number of rotatable bonds is 4. The highest BCUT2D eigenvalue weighted by atomic mass is 16.6. The summed E-state index contributed by atoms with van der Waals surface area (Å²) in [7, 11) is 6.55. The van der Waals surface area contributed by atoms with E-state index in [1.807, 2.05) is 12.1 Å². The van der Waals surface area contributed by atoms with Gasteiger partial charge < -0.3 is 14.0 Å². The van der Waals surface area contributed by atoms with Crippen LogP contribution in [0.2, 0.25) is 0 Å². The van der Waals surface area contributed by atoms with Crippen molar-refractivity contribution in [2.45, 2.75) is 18.3 Å². The summed E-state index contributed by atoms with van der Waals surface area (Å²) in [5, 5.41) is 0. The van der Waals surface area contributed by atoms with Crippen LogP contribution in [0.4, 0.5) is 0 Å². The van der Waals surface area contributed by atoms with Gasteiger partial charge in [0.2, 0.25) is 0 Å². The molecular formula is C20H26NO2+. The third-order valence-electron chi connectivity index (χ3n) is 4.08. The average molecular weight is 312 g/mol. The van der Waals surface area contributed by atoms with Gasteiger partial charge >= 0.3 is 0 Å². The molecule has 23 heavy (non-hydrogen) atoms. The Balaban J connectivity index is 1.86. The van der Waals surface area contributed by atoms with Crippen LogP contribution in [-0.2, 0) is 9.47 Å². The molecule has 0 spiro atoms. The van der Waals surface area contributed by atoms with Gasteiger partial charge in [-0.3, -0.25) is 0 Å². The zero-order valence-electron chi connectivity index (χ0n) is 14.2. The molecule has 0 N–H and O–H groups in total. The molecule has 0 bridgehead atoms. The van der Waals surface area contributed by atoms with Crippen LogP contribution in [0.15, 0.2) is 60.7 Å². The maximum atomic E-state index is 6.47. The first-order valence-electron chi connectivity index (χ1n) is 8.20. The Morgan fingerprint density at radius 3 is 1.87 bits per heavy atom. The Morgan fingerprint density at radius 1 is 0.826 bits per heavy atom. The molecule has 2 aromatic carbocycles. The molecule has 0 aliphatic carbocycles.